The molecule has 6 nitrogen and oxygen atoms in total. The molecule has 1 aliphatic heterocycles. The maximum absolute atomic E-state index is 13.3. The Hall–Kier alpha value is -1.79. The molecule has 152 valence electrons. The van der Waals surface area contributed by atoms with Gasteiger partial charge in [-0.15, -0.1) is 0 Å². The minimum absolute atomic E-state index is 0.0449. The molecule has 0 radical (unpaired) electrons. The van der Waals surface area contributed by atoms with E-state index in [1.54, 1.807) is 7.11 Å². The molecule has 1 saturated heterocycles. The van der Waals surface area contributed by atoms with Crippen LogP contribution in [0.5, 0.6) is 11.5 Å². The smallest absolute Gasteiger partial charge is 0.254 e. The number of hydrogen-bond donors (Lipinski definition) is 1. The van der Waals surface area contributed by atoms with Crippen molar-refractivity contribution in [3.63, 3.8) is 0 Å². The summed E-state index contributed by atoms with van der Waals surface area (Å²) in [5, 5.41) is 3.40. The average molecular weight is 379 g/mol. The maximum Gasteiger partial charge on any atom is 0.254 e. The van der Waals surface area contributed by atoms with Crippen LogP contribution in [0.3, 0.4) is 0 Å². The van der Waals surface area contributed by atoms with Crippen molar-refractivity contribution in [3.8, 4) is 11.5 Å². The van der Waals surface area contributed by atoms with E-state index < -0.39 is 0 Å². The van der Waals surface area contributed by atoms with Crippen molar-refractivity contribution < 1.29 is 19.0 Å². The van der Waals surface area contributed by atoms with Gasteiger partial charge < -0.3 is 24.4 Å². The Labute approximate surface area is 163 Å². The molecule has 1 aromatic rings. The number of benzene rings is 1. The number of nitrogens with zero attached hydrogens (tertiary/aromatic N) is 1. The molecule has 1 aliphatic rings. The van der Waals surface area contributed by atoms with Crippen molar-refractivity contribution in [1.29, 1.82) is 0 Å². The molecule has 0 spiro atoms. The van der Waals surface area contributed by atoms with Crippen molar-refractivity contribution >= 4 is 5.91 Å². The van der Waals surface area contributed by atoms with E-state index in [9.17, 15) is 4.79 Å². The van der Waals surface area contributed by atoms with Crippen molar-refractivity contribution in [2.24, 2.45) is 0 Å². The lowest BCUT2D eigenvalue weighted by molar-refractivity contribution is 0.0573. The van der Waals surface area contributed by atoms with Gasteiger partial charge in [0, 0.05) is 44.3 Å². The lowest BCUT2D eigenvalue weighted by atomic mass is 10.0. The quantitative estimate of drug-likeness (QED) is 0.634. The summed E-state index contributed by atoms with van der Waals surface area (Å²) in [6.45, 7) is 9.66. The highest BCUT2D eigenvalue weighted by atomic mass is 16.5. The normalized spacial score (nSPS) is 17.0. The first-order valence-electron chi connectivity index (χ1n) is 10.0. The summed E-state index contributed by atoms with van der Waals surface area (Å²) in [5.41, 5.74) is 0.638. The summed E-state index contributed by atoms with van der Waals surface area (Å²) < 4.78 is 16.6. The number of rotatable bonds is 10. The molecule has 1 atom stereocenters. The van der Waals surface area contributed by atoms with Crippen LogP contribution in [0.15, 0.2) is 18.2 Å². The second-order valence-corrected chi connectivity index (χ2v) is 7.10. The van der Waals surface area contributed by atoms with Gasteiger partial charge in [-0.3, -0.25) is 4.79 Å². The number of piperidine rings is 1. The number of amides is 1. The first-order chi connectivity index (χ1) is 13.1. The topological polar surface area (TPSA) is 60.0 Å². The monoisotopic (exact) mass is 378 g/mol. The van der Waals surface area contributed by atoms with E-state index in [4.69, 9.17) is 14.2 Å². The minimum Gasteiger partial charge on any atom is -0.490 e. The fraction of sp³-hybridized carbons (Fsp3) is 0.667. The van der Waals surface area contributed by atoms with Crippen LogP contribution >= 0.6 is 0 Å². The van der Waals surface area contributed by atoms with Gasteiger partial charge in [0.2, 0.25) is 0 Å². The summed E-state index contributed by atoms with van der Waals surface area (Å²) in [7, 11) is 1.67. The summed E-state index contributed by atoms with van der Waals surface area (Å²) in [5.74, 6) is 1.33. The molecule has 27 heavy (non-hydrogen) atoms. The SMILES string of the molecule is CCOc1ccc(C(=O)N(C(C)C)[C@@H]2CCCNC2)cc1OCCCOC. The molecule has 0 bridgehead atoms. The standard InChI is InChI=1S/C21H34N2O4/c1-5-26-19-10-9-17(14-20(19)27-13-7-12-25-4)21(24)23(16(2)3)18-8-6-11-22-15-18/h9-10,14,16,18,22H,5-8,11-13,15H2,1-4H3/t18-/m1/s1. The van der Waals surface area contributed by atoms with Gasteiger partial charge in [-0.25, -0.2) is 0 Å². The third-order valence-electron chi connectivity index (χ3n) is 4.70. The molecule has 1 aromatic carbocycles. The Balaban J connectivity index is 2.19. The van der Waals surface area contributed by atoms with Crippen LogP contribution in [0, 0.1) is 0 Å². The Morgan fingerprint density at radius 2 is 2.07 bits per heavy atom. The second kappa shape index (κ2) is 11.1. The summed E-state index contributed by atoms with van der Waals surface area (Å²) in [6, 6.07) is 5.84. The molecular formula is C21H34N2O4. The van der Waals surface area contributed by atoms with Gasteiger partial charge in [-0.05, 0) is 58.4 Å². The molecular weight excluding hydrogens is 344 g/mol. The zero-order valence-electron chi connectivity index (χ0n) is 17.1. The molecule has 0 saturated carbocycles. The molecule has 0 aliphatic carbocycles. The third kappa shape index (κ3) is 6.11. The first-order valence-corrected chi connectivity index (χ1v) is 10.0. The highest BCUT2D eigenvalue weighted by molar-refractivity contribution is 5.95. The zero-order valence-corrected chi connectivity index (χ0v) is 17.1. The number of methoxy groups -OCH3 is 1. The summed E-state index contributed by atoms with van der Waals surface area (Å²) in [6.07, 6.45) is 2.92. The van der Waals surface area contributed by atoms with Gasteiger partial charge in [0.05, 0.1) is 13.2 Å². The fourth-order valence-electron chi connectivity index (χ4n) is 3.46. The molecule has 6 heteroatoms. The Morgan fingerprint density at radius 3 is 2.70 bits per heavy atom. The van der Waals surface area contributed by atoms with Crippen molar-refractivity contribution in [2.75, 3.05) is 40.0 Å². The van der Waals surface area contributed by atoms with E-state index in [1.165, 1.54) is 0 Å². The maximum atomic E-state index is 13.3. The average Bonchev–Trinajstić information content (AvgIpc) is 2.67. The van der Waals surface area contributed by atoms with Crippen molar-refractivity contribution in [2.45, 2.75) is 52.1 Å². The predicted octanol–water partition coefficient (Wildman–Crippen LogP) is 3.10. The van der Waals surface area contributed by atoms with Crippen LogP contribution in [-0.2, 0) is 4.74 Å². The Kier molecular flexibility index (Phi) is 8.88. The Morgan fingerprint density at radius 1 is 1.26 bits per heavy atom. The first kappa shape index (κ1) is 21.5. The lowest BCUT2D eigenvalue weighted by Crippen LogP contribution is -2.51. The van der Waals surface area contributed by atoms with Crippen LogP contribution in [0.1, 0.15) is 50.4 Å². The van der Waals surface area contributed by atoms with E-state index in [1.807, 2.05) is 30.0 Å². The number of nitrogens with one attached hydrogen (secondary N) is 1. The van der Waals surface area contributed by atoms with E-state index in [2.05, 4.69) is 19.2 Å². The predicted molar refractivity (Wildman–Crippen MR) is 107 cm³/mol. The van der Waals surface area contributed by atoms with E-state index in [0.717, 1.165) is 32.4 Å². The van der Waals surface area contributed by atoms with Crippen LogP contribution in [0.2, 0.25) is 0 Å². The minimum atomic E-state index is 0.0449. The number of hydrogen-bond acceptors (Lipinski definition) is 5. The molecule has 1 fully saturated rings. The number of carbonyl (C=O) groups excluding carboxylic acids is 1. The fourth-order valence-corrected chi connectivity index (χ4v) is 3.46. The summed E-state index contributed by atoms with van der Waals surface area (Å²) in [4.78, 5) is 15.3. The molecule has 0 aromatic heterocycles. The highest BCUT2D eigenvalue weighted by Gasteiger charge is 2.28. The van der Waals surface area contributed by atoms with E-state index >= 15 is 0 Å². The highest BCUT2D eigenvalue weighted by Crippen LogP contribution is 2.30. The van der Waals surface area contributed by atoms with E-state index in [0.29, 0.717) is 36.9 Å². The lowest BCUT2D eigenvalue weighted by Gasteiger charge is -2.37. The van der Waals surface area contributed by atoms with Crippen LogP contribution in [0.4, 0.5) is 0 Å². The van der Waals surface area contributed by atoms with Crippen molar-refractivity contribution in [3.05, 3.63) is 23.8 Å². The van der Waals surface area contributed by atoms with Gasteiger partial charge in [0.25, 0.3) is 5.91 Å². The third-order valence-corrected chi connectivity index (χ3v) is 4.70. The molecule has 2 rings (SSSR count). The van der Waals surface area contributed by atoms with Crippen LogP contribution in [0.25, 0.3) is 0 Å². The second-order valence-electron chi connectivity index (χ2n) is 7.10. The van der Waals surface area contributed by atoms with Gasteiger partial charge >= 0.3 is 0 Å². The molecule has 1 N–H and O–H groups in total. The summed E-state index contributed by atoms with van der Waals surface area (Å²) >= 11 is 0. The Bertz CT molecular complexity index is 586. The van der Waals surface area contributed by atoms with E-state index in [-0.39, 0.29) is 18.0 Å². The zero-order chi connectivity index (χ0) is 19.6. The molecule has 1 heterocycles. The van der Waals surface area contributed by atoms with Gasteiger partial charge in [-0.1, -0.05) is 0 Å². The largest absolute Gasteiger partial charge is 0.490 e. The van der Waals surface area contributed by atoms with Crippen LogP contribution < -0.4 is 14.8 Å². The van der Waals surface area contributed by atoms with Crippen LogP contribution in [-0.4, -0.2) is 62.9 Å². The van der Waals surface area contributed by atoms with Gasteiger partial charge in [0.1, 0.15) is 0 Å². The molecule has 0 unspecified atom stereocenters. The molecule has 1 amide bonds. The van der Waals surface area contributed by atoms with Gasteiger partial charge in [-0.2, -0.15) is 0 Å². The van der Waals surface area contributed by atoms with Crippen molar-refractivity contribution in [1.82, 2.24) is 10.2 Å². The van der Waals surface area contributed by atoms with Gasteiger partial charge in [0.15, 0.2) is 11.5 Å². The number of ether oxygens (including phenoxy) is 3. The number of carbonyl (C=O) groups is 1.